The van der Waals surface area contributed by atoms with Crippen LogP contribution in [-0.2, 0) is 4.74 Å². The summed E-state index contributed by atoms with van der Waals surface area (Å²) in [6.45, 7) is 2.69. The molecule has 2 heterocycles. The third kappa shape index (κ3) is 2.18. The SMILES string of the molecule is N#Cc1ccc2oc(N3CCOCC3)cc(=O)c2c1. The topological polar surface area (TPSA) is 66.5 Å². The van der Waals surface area contributed by atoms with Crippen molar-refractivity contribution in [1.29, 1.82) is 5.26 Å². The number of benzene rings is 1. The molecule has 0 saturated carbocycles. The smallest absolute Gasteiger partial charge is 0.200 e. The molecular weight excluding hydrogens is 244 g/mol. The molecule has 0 atom stereocenters. The summed E-state index contributed by atoms with van der Waals surface area (Å²) in [5.74, 6) is 0.561. The molecule has 1 aliphatic heterocycles. The lowest BCUT2D eigenvalue weighted by atomic mass is 10.1. The van der Waals surface area contributed by atoms with Gasteiger partial charge in [0, 0.05) is 19.2 Å². The van der Waals surface area contributed by atoms with E-state index in [9.17, 15) is 4.79 Å². The zero-order chi connectivity index (χ0) is 13.2. The van der Waals surface area contributed by atoms with Crippen LogP contribution in [0.1, 0.15) is 5.56 Å². The van der Waals surface area contributed by atoms with Crippen LogP contribution in [0.3, 0.4) is 0 Å². The predicted molar refractivity (Wildman–Crippen MR) is 70.2 cm³/mol. The van der Waals surface area contributed by atoms with E-state index in [0.29, 0.717) is 48.7 Å². The molecule has 5 heteroatoms. The van der Waals surface area contributed by atoms with Gasteiger partial charge in [-0.25, -0.2) is 0 Å². The van der Waals surface area contributed by atoms with Gasteiger partial charge in [-0.15, -0.1) is 0 Å². The standard InChI is InChI=1S/C14H12N2O3/c15-9-10-1-2-13-11(7-10)12(17)8-14(19-13)16-3-5-18-6-4-16/h1-2,7-8H,3-6H2. The molecule has 0 bridgehead atoms. The number of morpholine rings is 1. The molecule has 1 aliphatic rings. The lowest BCUT2D eigenvalue weighted by molar-refractivity contribution is 0.121. The minimum absolute atomic E-state index is 0.125. The molecule has 1 aromatic carbocycles. The summed E-state index contributed by atoms with van der Waals surface area (Å²) in [4.78, 5) is 14.1. The van der Waals surface area contributed by atoms with Gasteiger partial charge in [-0.05, 0) is 18.2 Å². The van der Waals surface area contributed by atoms with Crippen LogP contribution < -0.4 is 10.3 Å². The molecule has 1 aromatic heterocycles. The van der Waals surface area contributed by atoms with Crippen LogP contribution in [-0.4, -0.2) is 26.3 Å². The number of rotatable bonds is 1. The molecule has 96 valence electrons. The highest BCUT2D eigenvalue weighted by atomic mass is 16.5. The Balaban J connectivity index is 2.09. The fourth-order valence-electron chi connectivity index (χ4n) is 2.15. The van der Waals surface area contributed by atoms with Crippen molar-refractivity contribution in [1.82, 2.24) is 0 Å². The highest BCUT2D eigenvalue weighted by Crippen LogP contribution is 2.20. The van der Waals surface area contributed by atoms with E-state index in [1.165, 1.54) is 6.07 Å². The average molecular weight is 256 g/mol. The maximum atomic E-state index is 12.1. The molecule has 0 N–H and O–H groups in total. The first-order valence-corrected chi connectivity index (χ1v) is 6.08. The van der Waals surface area contributed by atoms with Gasteiger partial charge in [0.1, 0.15) is 5.58 Å². The first-order chi connectivity index (χ1) is 9.28. The van der Waals surface area contributed by atoms with Crippen molar-refractivity contribution >= 4 is 16.9 Å². The minimum atomic E-state index is -0.125. The summed E-state index contributed by atoms with van der Waals surface area (Å²) in [6.07, 6.45) is 0. The van der Waals surface area contributed by atoms with Gasteiger partial charge in [-0.2, -0.15) is 5.26 Å². The second kappa shape index (κ2) is 4.75. The summed E-state index contributed by atoms with van der Waals surface area (Å²) in [7, 11) is 0. The van der Waals surface area contributed by atoms with E-state index in [1.807, 2.05) is 11.0 Å². The van der Waals surface area contributed by atoms with E-state index in [2.05, 4.69) is 0 Å². The molecule has 1 saturated heterocycles. The van der Waals surface area contributed by atoms with E-state index in [-0.39, 0.29) is 5.43 Å². The van der Waals surface area contributed by atoms with Crippen LogP contribution >= 0.6 is 0 Å². The van der Waals surface area contributed by atoms with Gasteiger partial charge in [-0.1, -0.05) is 0 Å². The van der Waals surface area contributed by atoms with Gasteiger partial charge in [0.05, 0.1) is 30.2 Å². The first-order valence-electron chi connectivity index (χ1n) is 6.08. The maximum Gasteiger partial charge on any atom is 0.200 e. The maximum absolute atomic E-state index is 12.1. The number of hydrogen-bond donors (Lipinski definition) is 0. The third-order valence-corrected chi connectivity index (χ3v) is 3.17. The molecule has 1 fully saturated rings. The van der Waals surface area contributed by atoms with Gasteiger partial charge < -0.3 is 14.1 Å². The van der Waals surface area contributed by atoms with Crippen LogP contribution in [0.25, 0.3) is 11.0 Å². The van der Waals surface area contributed by atoms with Gasteiger partial charge in [0.25, 0.3) is 0 Å². The Hall–Kier alpha value is -2.32. The zero-order valence-electron chi connectivity index (χ0n) is 10.3. The van der Waals surface area contributed by atoms with Crippen LogP contribution in [0.4, 0.5) is 5.88 Å². The van der Waals surface area contributed by atoms with Gasteiger partial charge in [0.2, 0.25) is 0 Å². The van der Waals surface area contributed by atoms with Crippen molar-refractivity contribution in [2.24, 2.45) is 0 Å². The van der Waals surface area contributed by atoms with Crippen LogP contribution in [0.5, 0.6) is 0 Å². The molecule has 0 amide bonds. The Morgan fingerprint density at radius 2 is 2.00 bits per heavy atom. The van der Waals surface area contributed by atoms with Crippen molar-refractivity contribution in [3.05, 3.63) is 40.1 Å². The van der Waals surface area contributed by atoms with E-state index < -0.39 is 0 Å². The summed E-state index contributed by atoms with van der Waals surface area (Å²) < 4.78 is 11.0. The Morgan fingerprint density at radius 3 is 2.74 bits per heavy atom. The second-order valence-corrected chi connectivity index (χ2v) is 4.37. The number of hydrogen-bond acceptors (Lipinski definition) is 5. The van der Waals surface area contributed by atoms with Crippen molar-refractivity contribution in [2.45, 2.75) is 0 Å². The van der Waals surface area contributed by atoms with Crippen molar-refractivity contribution in [2.75, 3.05) is 31.2 Å². The largest absolute Gasteiger partial charge is 0.440 e. The summed E-state index contributed by atoms with van der Waals surface area (Å²) in [5.41, 5.74) is 0.840. The molecule has 5 nitrogen and oxygen atoms in total. The Bertz CT molecular complexity index is 709. The minimum Gasteiger partial charge on any atom is -0.440 e. The monoisotopic (exact) mass is 256 g/mol. The molecule has 3 rings (SSSR count). The predicted octanol–water partition coefficient (Wildman–Crippen LogP) is 1.50. The lowest BCUT2D eigenvalue weighted by Crippen LogP contribution is -2.36. The van der Waals surface area contributed by atoms with E-state index in [1.54, 1.807) is 18.2 Å². The average Bonchev–Trinajstić information content (AvgIpc) is 2.48. The van der Waals surface area contributed by atoms with Crippen LogP contribution in [0.15, 0.2) is 33.5 Å². The van der Waals surface area contributed by atoms with E-state index in [4.69, 9.17) is 14.4 Å². The van der Waals surface area contributed by atoms with E-state index in [0.717, 1.165) is 0 Å². The summed E-state index contributed by atoms with van der Waals surface area (Å²) >= 11 is 0. The fourth-order valence-corrected chi connectivity index (χ4v) is 2.15. The van der Waals surface area contributed by atoms with Crippen molar-refractivity contribution in [3.63, 3.8) is 0 Å². The Morgan fingerprint density at radius 1 is 1.21 bits per heavy atom. The molecule has 0 spiro atoms. The van der Waals surface area contributed by atoms with Gasteiger partial charge in [0.15, 0.2) is 11.3 Å². The highest BCUT2D eigenvalue weighted by Gasteiger charge is 2.15. The van der Waals surface area contributed by atoms with Crippen LogP contribution in [0.2, 0.25) is 0 Å². The van der Waals surface area contributed by atoms with Gasteiger partial charge >= 0.3 is 0 Å². The Labute approximate surface area is 109 Å². The summed E-state index contributed by atoms with van der Waals surface area (Å²) in [6, 6.07) is 8.37. The van der Waals surface area contributed by atoms with Gasteiger partial charge in [-0.3, -0.25) is 4.79 Å². The fraction of sp³-hybridized carbons (Fsp3) is 0.286. The molecule has 0 radical (unpaired) electrons. The quantitative estimate of drug-likeness (QED) is 0.773. The lowest BCUT2D eigenvalue weighted by Gasteiger charge is -2.27. The molecule has 2 aromatic rings. The third-order valence-electron chi connectivity index (χ3n) is 3.17. The molecule has 0 unspecified atom stereocenters. The van der Waals surface area contributed by atoms with Crippen LogP contribution in [0, 0.1) is 11.3 Å². The van der Waals surface area contributed by atoms with E-state index >= 15 is 0 Å². The normalized spacial score (nSPS) is 15.4. The number of nitriles is 1. The first kappa shape index (κ1) is 11.8. The highest BCUT2D eigenvalue weighted by molar-refractivity contribution is 5.79. The number of nitrogens with zero attached hydrogens (tertiary/aromatic N) is 2. The molecular formula is C14H12N2O3. The number of ether oxygens (including phenoxy) is 1. The van der Waals surface area contributed by atoms with Crippen molar-refractivity contribution < 1.29 is 9.15 Å². The number of fused-ring (bicyclic) bond motifs is 1. The Kier molecular flexibility index (Phi) is 2.94. The molecule has 19 heavy (non-hydrogen) atoms. The molecule has 0 aliphatic carbocycles. The second-order valence-electron chi connectivity index (χ2n) is 4.37. The zero-order valence-corrected chi connectivity index (χ0v) is 10.3. The van der Waals surface area contributed by atoms with Crippen molar-refractivity contribution in [3.8, 4) is 6.07 Å². The number of anilines is 1. The summed E-state index contributed by atoms with van der Waals surface area (Å²) in [5, 5.41) is 9.28.